The molecule has 1 aliphatic heterocycles. The second-order valence-corrected chi connectivity index (χ2v) is 1.30. The van der Waals surface area contributed by atoms with Crippen molar-refractivity contribution in [2.75, 3.05) is 0 Å². The number of hydroxylamine groups is 1. The minimum Gasteiger partial charge on any atom is -0.391 e. The first kappa shape index (κ1) is 4.90. The Balaban J connectivity index is 2.64. The summed E-state index contributed by atoms with van der Waals surface area (Å²) >= 11 is 0. The first-order valence-corrected chi connectivity index (χ1v) is 2.16. The fourth-order valence-corrected chi connectivity index (χ4v) is 0.375. The molecule has 0 aromatic heterocycles. The Labute approximate surface area is 46.6 Å². The molecule has 0 fully saturated rings. The molecule has 0 amide bonds. The van der Waals surface area contributed by atoms with Crippen LogP contribution in [-0.4, -0.2) is 6.29 Å². The van der Waals surface area contributed by atoms with Crippen molar-refractivity contribution in [2.45, 2.75) is 0 Å². The normalized spacial score (nSPS) is 15.8. The van der Waals surface area contributed by atoms with Crippen LogP contribution in [0.3, 0.4) is 0 Å². The van der Waals surface area contributed by atoms with Crippen LogP contribution >= 0.6 is 0 Å². The van der Waals surface area contributed by atoms with Crippen molar-refractivity contribution >= 4 is 6.29 Å². The molecule has 42 valence electrons. The highest BCUT2D eigenvalue weighted by molar-refractivity contribution is 5.77. The van der Waals surface area contributed by atoms with Gasteiger partial charge in [-0.05, 0) is 6.08 Å². The Morgan fingerprint density at radius 2 is 2.62 bits per heavy atom. The van der Waals surface area contributed by atoms with Crippen LogP contribution in [0.2, 0.25) is 0 Å². The Bertz CT molecular complexity index is 149. The predicted octanol–water partition coefficient (Wildman–Crippen LogP) is 0.118. The van der Waals surface area contributed by atoms with E-state index >= 15 is 0 Å². The van der Waals surface area contributed by atoms with Crippen LogP contribution in [-0.2, 0) is 9.63 Å². The van der Waals surface area contributed by atoms with Crippen molar-refractivity contribution < 1.29 is 9.63 Å². The molecular weight excluding hydrogens is 106 g/mol. The summed E-state index contributed by atoms with van der Waals surface area (Å²) in [6.07, 6.45) is 5.20. The molecule has 1 heterocycles. The fraction of sp³-hybridized carbons (Fsp3) is 0. The lowest BCUT2D eigenvalue weighted by molar-refractivity contribution is -0.104. The highest BCUT2D eigenvalue weighted by atomic mass is 16.6. The molecule has 0 aliphatic carbocycles. The van der Waals surface area contributed by atoms with Crippen LogP contribution in [0.15, 0.2) is 24.1 Å². The van der Waals surface area contributed by atoms with Crippen LogP contribution in [0.1, 0.15) is 0 Å². The Morgan fingerprint density at radius 3 is 3.00 bits per heavy atom. The molecule has 3 nitrogen and oxygen atoms in total. The quantitative estimate of drug-likeness (QED) is 0.488. The summed E-state index contributed by atoms with van der Waals surface area (Å²) in [6.45, 7) is 0. The third kappa shape index (κ3) is 0.872. The SMILES string of the molecule is O=CC1=CNOC=C1. The zero-order valence-electron chi connectivity index (χ0n) is 4.13. The Hall–Kier alpha value is -1.25. The van der Waals surface area contributed by atoms with E-state index in [1.54, 1.807) is 6.08 Å². The molecule has 0 saturated heterocycles. The Kier molecular flexibility index (Phi) is 1.32. The van der Waals surface area contributed by atoms with Crippen LogP contribution < -0.4 is 5.48 Å². The molecule has 0 saturated carbocycles. The van der Waals surface area contributed by atoms with E-state index in [0.29, 0.717) is 5.57 Å². The average molecular weight is 111 g/mol. The van der Waals surface area contributed by atoms with Gasteiger partial charge in [-0.1, -0.05) is 0 Å². The number of rotatable bonds is 1. The first-order valence-electron chi connectivity index (χ1n) is 2.16. The van der Waals surface area contributed by atoms with Gasteiger partial charge in [-0.15, -0.1) is 0 Å². The van der Waals surface area contributed by atoms with E-state index in [2.05, 4.69) is 10.3 Å². The zero-order valence-corrected chi connectivity index (χ0v) is 4.13. The van der Waals surface area contributed by atoms with Gasteiger partial charge in [-0.3, -0.25) is 4.79 Å². The lowest BCUT2D eigenvalue weighted by Gasteiger charge is -2.01. The second kappa shape index (κ2) is 2.16. The van der Waals surface area contributed by atoms with Crippen molar-refractivity contribution in [3.8, 4) is 0 Å². The van der Waals surface area contributed by atoms with Gasteiger partial charge in [0.05, 0.1) is 0 Å². The van der Waals surface area contributed by atoms with Gasteiger partial charge < -0.3 is 4.84 Å². The number of hydrogen-bond donors (Lipinski definition) is 1. The number of aldehydes is 1. The molecule has 0 atom stereocenters. The van der Waals surface area contributed by atoms with E-state index in [0.717, 1.165) is 6.29 Å². The van der Waals surface area contributed by atoms with Gasteiger partial charge >= 0.3 is 0 Å². The fourth-order valence-electron chi connectivity index (χ4n) is 0.375. The summed E-state index contributed by atoms with van der Waals surface area (Å²) in [4.78, 5) is 14.5. The molecule has 8 heavy (non-hydrogen) atoms. The maximum atomic E-state index is 9.94. The summed E-state index contributed by atoms with van der Waals surface area (Å²) in [5.41, 5.74) is 2.99. The maximum absolute atomic E-state index is 9.94. The Morgan fingerprint density at radius 1 is 1.75 bits per heavy atom. The molecule has 0 aromatic carbocycles. The summed E-state index contributed by atoms with van der Waals surface area (Å²) in [5.74, 6) is 0. The minimum absolute atomic E-state index is 0.580. The molecule has 0 unspecified atom stereocenters. The van der Waals surface area contributed by atoms with Gasteiger partial charge in [0.25, 0.3) is 0 Å². The molecule has 1 N–H and O–H groups in total. The number of carbonyl (C=O) groups is 1. The lowest BCUT2D eigenvalue weighted by Crippen LogP contribution is -2.06. The zero-order chi connectivity index (χ0) is 5.82. The highest BCUT2D eigenvalue weighted by Gasteiger charge is 1.90. The topological polar surface area (TPSA) is 38.3 Å². The standard InChI is InChI=1S/C5H5NO2/c7-4-5-1-2-8-6-3-5/h1-4,6H. The van der Waals surface area contributed by atoms with Crippen molar-refractivity contribution in [1.29, 1.82) is 0 Å². The molecule has 1 rings (SSSR count). The highest BCUT2D eigenvalue weighted by Crippen LogP contribution is 1.94. The summed E-state index contributed by atoms with van der Waals surface area (Å²) in [7, 11) is 0. The van der Waals surface area contributed by atoms with Gasteiger partial charge in [0.1, 0.15) is 6.26 Å². The van der Waals surface area contributed by atoms with Crippen molar-refractivity contribution in [3.63, 3.8) is 0 Å². The number of allylic oxidation sites excluding steroid dienone is 2. The molecule has 3 heteroatoms. The maximum Gasteiger partial charge on any atom is 0.151 e. The summed E-state index contributed by atoms with van der Waals surface area (Å²) < 4.78 is 0. The molecule has 1 aliphatic rings. The van der Waals surface area contributed by atoms with Crippen molar-refractivity contribution in [2.24, 2.45) is 0 Å². The van der Waals surface area contributed by atoms with Gasteiger partial charge in [0.15, 0.2) is 6.29 Å². The smallest absolute Gasteiger partial charge is 0.151 e. The van der Waals surface area contributed by atoms with E-state index in [1.165, 1.54) is 12.5 Å². The average Bonchev–Trinajstić information content (AvgIpc) is 1.90. The van der Waals surface area contributed by atoms with Crippen LogP contribution in [0.25, 0.3) is 0 Å². The molecule has 0 aromatic rings. The van der Waals surface area contributed by atoms with Gasteiger partial charge in [0.2, 0.25) is 0 Å². The van der Waals surface area contributed by atoms with E-state index in [4.69, 9.17) is 0 Å². The van der Waals surface area contributed by atoms with E-state index in [-0.39, 0.29) is 0 Å². The van der Waals surface area contributed by atoms with E-state index < -0.39 is 0 Å². The van der Waals surface area contributed by atoms with E-state index in [1.807, 2.05) is 0 Å². The summed E-state index contributed by atoms with van der Waals surface area (Å²) in [5, 5.41) is 0. The van der Waals surface area contributed by atoms with Crippen molar-refractivity contribution in [1.82, 2.24) is 5.48 Å². The second-order valence-electron chi connectivity index (χ2n) is 1.30. The lowest BCUT2D eigenvalue weighted by atomic mass is 10.3. The molecule has 0 spiro atoms. The van der Waals surface area contributed by atoms with Crippen LogP contribution in [0, 0.1) is 0 Å². The molecule has 0 radical (unpaired) electrons. The molecular formula is C5H5NO2. The number of hydrogen-bond acceptors (Lipinski definition) is 3. The van der Waals surface area contributed by atoms with Gasteiger partial charge in [-0.2, -0.15) is 0 Å². The minimum atomic E-state index is 0.580. The van der Waals surface area contributed by atoms with Crippen molar-refractivity contribution in [3.05, 3.63) is 24.1 Å². The summed E-state index contributed by atoms with van der Waals surface area (Å²) in [6, 6.07) is 0. The first-order chi connectivity index (χ1) is 3.93. The van der Waals surface area contributed by atoms with Gasteiger partial charge in [0, 0.05) is 11.8 Å². The largest absolute Gasteiger partial charge is 0.391 e. The number of nitrogens with one attached hydrogen (secondary N) is 1. The third-order valence-corrected chi connectivity index (χ3v) is 0.758. The van der Waals surface area contributed by atoms with Gasteiger partial charge in [-0.25, -0.2) is 5.48 Å². The third-order valence-electron chi connectivity index (χ3n) is 0.758. The van der Waals surface area contributed by atoms with Crippen LogP contribution in [0.5, 0.6) is 0 Å². The number of carbonyl (C=O) groups excluding carboxylic acids is 1. The van der Waals surface area contributed by atoms with E-state index in [9.17, 15) is 4.79 Å². The molecule has 0 bridgehead atoms. The van der Waals surface area contributed by atoms with Crippen LogP contribution in [0.4, 0.5) is 0 Å². The predicted molar refractivity (Wildman–Crippen MR) is 27.5 cm³/mol. The monoisotopic (exact) mass is 111 g/mol.